The lowest BCUT2D eigenvalue weighted by Crippen LogP contribution is -2.31. The quantitative estimate of drug-likeness (QED) is 0.755. The van der Waals surface area contributed by atoms with E-state index in [9.17, 15) is 14.7 Å². The van der Waals surface area contributed by atoms with Crippen LogP contribution in [0.3, 0.4) is 0 Å². The van der Waals surface area contributed by atoms with Crippen molar-refractivity contribution in [2.24, 2.45) is 0 Å². The first-order valence-corrected chi connectivity index (χ1v) is 8.71. The fourth-order valence-corrected chi connectivity index (χ4v) is 4.74. The number of anilines is 1. The van der Waals surface area contributed by atoms with E-state index in [1.54, 1.807) is 0 Å². The molecule has 1 fully saturated rings. The number of nitrogens with one attached hydrogen (secondary N) is 2. The third-order valence-corrected chi connectivity index (χ3v) is 5.77. The smallest absolute Gasteiger partial charge is 0.311 e. The second-order valence-corrected chi connectivity index (χ2v) is 7.11. The van der Waals surface area contributed by atoms with Gasteiger partial charge in [0.1, 0.15) is 4.83 Å². The first kappa shape index (κ1) is 14.6. The van der Waals surface area contributed by atoms with Gasteiger partial charge in [0.2, 0.25) is 5.95 Å². The zero-order chi connectivity index (χ0) is 16.0. The zero-order valence-corrected chi connectivity index (χ0v) is 13.4. The highest BCUT2D eigenvalue weighted by Gasteiger charge is 2.34. The Morgan fingerprint density at radius 1 is 1.35 bits per heavy atom. The molecule has 0 spiro atoms. The molecule has 23 heavy (non-hydrogen) atoms. The topological polar surface area (TPSA) is 98.3 Å². The summed E-state index contributed by atoms with van der Waals surface area (Å²) in [5, 5.41) is 13.2. The van der Waals surface area contributed by atoms with E-state index < -0.39 is 11.9 Å². The van der Waals surface area contributed by atoms with Gasteiger partial charge in [0.25, 0.3) is 5.56 Å². The highest BCUT2D eigenvalue weighted by atomic mass is 32.1. The minimum absolute atomic E-state index is 0.215. The van der Waals surface area contributed by atoms with Crippen LogP contribution in [0.15, 0.2) is 4.79 Å². The molecule has 0 bridgehead atoms. The highest BCUT2D eigenvalue weighted by Crippen LogP contribution is 2.42. The molecular weight excluding hydrogens is 316 g/mol. The van der Waals surface area contributed by atoms with Crippen molar-refractivity contribution in [3.8, 4) is 0 Å². The SMILES string of the molecule is O=C(O)C1CCc2sc3nc(N4CCCNCC4)[nH]c(=O)c3c21. The molecule has 0 amide bonds. The van der Waals surface area contributed by atoms with E-state index in [1.807, 2.05) is 0 Å². The number of fused-ring (bicyclic) bond motifs is 3. The molecule has 1 atom stereocenters. The van der Waals surface area contributed by atoms with Crippen molar-refractivity contribution in [2.75, 3.05) is 31.1 Å². The zero-order valence-electron chi connectivity index (χ0n) is 12.6. The molecule has 1 aliphatic carbocycles. The number of hydrogen-bond donors (Lipinski definition) is 3. The van der Waals surface area contributed by atoms with Gasteiger partial charge in [-0.3, -0.25) is 14.6 Å². The summed E-state index contributed by atoms with van der Waals surface area (Å²) in [6, 6.07) is 0. The molecule has 4 rings (SSSR count). The Labute approximate surface area is 136 Å². The number of carbonyl (C=O) groups is 1. The number of aromatic amines is 1. The largest absolute Gasteiger partial charge is 0.481 e. The van der Waals surface area contributed by atoms with Gasteiger partial charge < -0.3 is 15.3 Å². The number of H-pyrrole nitrogens is 1. The number of aryl methyl sites for hydroxylation is 1. The molecule has 3 heterocycles. The summed E-state index contributed by atoms with van der Waals surface area (Å²) in [6.07, 6.45) is 2.30. The van der Waals surface area contributed by atoms with Gasteiger partial charge in [-0.05, 0) is 31.4 Å². The van der Waals surface area contributed by atoms with Crippen LogP contribution < -0.4 is 15.8 Å². The summed E-state index contributed by atoms with van der Waals surface area (Å²) in [5.41, 5.74) is 0.475. The first-order chi connectivity index (χ1) is 11.1. The van der Waals surface area contributed by atoms with Gasteiger partial charge >= 0.3 is 5.97 Å². The van der Waals surface area contributed by atoms with Crippen LogP contribution in [0.25, 0.3) is 10.2 Å². The number of aliphatic carboxylic acids is 1. The number of aromatic nitrogens is 2. The Kier molecular flexibility index (Phi) is 3.57. The number of rotatable bonds is 2. The maximum atomic E-state index is 12.6. The van der Waals surface area contributed by atoms with E-state index in [0.29, 0.717) is 28.1 Å². The lowest BCUT2D eigenvalue weighted by atomic mass is 10.0. The van der Waals surface area contributed by atoms with E-state index in [1.165, 1.54) is 11.3 Å². The summed E-state index contributed by atoms with van der Waals surface area (Å²) < 4.78 is 0. The van der Waals surface area contributed by atoms with E-state index in [4.69, 9.17) is 0 Å². The minimum Gasteiger partial charge on any atom is -0.481 e. The summed E-state index contributed by atoms with van der Waals surface area (Å²) in [5.74, 6) is -0.835. The number of thiophene rings is 1. The van der Waals surface area contributed by atoms with Crippen molar-refractivity contribution >= 4 is 33.5 Å². The van der Waals surface area contributed by atoms with Crippen molar-refractivity contribution in [3.05, 3.63) is 20.8 Å². The molecule has 0 aromatic carbocycles. The van der Waals surface area contributed by atoms with Crippen LogP contribution >= 0.6 is 11.3 Å². The lowest BCUT2D eigenvalue weighted by molar-refractivity contribution is -0.138. The second-order valence-electron chi connectivity index (χ2n) is 6.03. The average Bonchev–Trinajstić information content (AvgIpc) is 2.94. The molecule has 2 aliphatic rings. The van der Waals surface area contributed by atoms with E-state index >= 15 is 0 Å². The van der Waals surface area contributed by atoms with Crippen molar-refractivity contribution in [1.29, 1.82) is 0 Å². The maximum Gasteiger partial charge on any atom is 0.311 e. The lowest BCUT2D eigenvalue weighted by Gasteiger charge is -2.20. The number of nitrogens with zero attached hydrogens (tertiary/aromatic N) is 2. The Bertz CT molecular complexity index is 820. The predicted octanol–water partition coefficient (Wildman–Crippen LogP) is 0.899. The van der Waals surface area contributed by atoms with Gasteiger partial charge in [-0.25, -0.2) is 4.98 Å². The Morgan fingerprint density at radius 2 is 2.22 bits per heavy atom. The third-order valence-electron chi connectivity index (χ3n) is 4.61. The molecule has 122 valence electrons. The molecule has 0 saturated carbocycles. The highest BCUT2D eigenvalue weighted by molar-refractivity contribution is 7.18. The molecule has 7 nitrogen and oxygen atoms in total. The molecule has 8 heteroatoms. The number of carboxylic acid groups (broad SMARTS) is 1. The predicted molar refractivity (Wildman–Crippen MR) is 88.6 cm³/mol. The van der Waals surface area contributed by atoms with Gasteiger partial charge in [0.15, 0.2) is 0 Å². The van der Waals surface area contributed by atoms with Gasteiger partial charge in [-0.1, -0.05) is 0 Å². The summed E-state index contributed by atoms with van der Waals surface area (Å²) >= 11 is 1.47. The maximum absolute atomic E-state index is 12.6. The summed E-state index contributed by atoms with van der Waals surface area (Å²) in [6.45, 7) is 3.49. The average molecular weight is 334 g/mol. The summed E-state index contributed by atoms with van der Waals surface area (Å²) in [4.78, 5) is 35.3. The van der Waals surface area contributed by atoms with Crippen LogP contribution in [0.2, 0.25) is 0 Å². The standard InChI is InChI=1S/C15H18N4O3S/c20-12-11-10-8(14(21)22)2-3-9(10)23-13(11)18-15(17-12)19-6-1-4-16-5-7-19/h8,16H,1-7H2,(H,21,22)(H,17,18,20). The normalized spacial score (nSPS) is 21.4. The van der Waals surface area contributed by atoms with E-state index in [-0.39, 0.29) is 5.56 Å². The number of carboxylic acids is 1. The molecule has 1 aliphatic heterocycles. The molecule has 0 radical (unpaired) electrons. The van der Waals surface area contributed by atoms with Crippen LogP contribution in [0.1, 0.15) is 29.2 Å². The van der Waals surface area contributed by atoms with Gasteiger partial charge in [-0.15, -0.1) is 11.3 Å². The van der Waals surface area contributed by atoms with Crippen molar-refractivity contribution < 1.29 is 9.90 Å². The summed E-state index contributed by atoms with van der Waals surface area (Å²) in [7, 11) is 0. The fourth-order valence-electron chi connectivity index (χ4n) is 3.49. The molecule has 1 unspecified atom stereocenters. The van der Waals surface area contributed by atoms with Crippen molar-refractivity contribution in [2.45, 2.75) is 25.2 Å². The van der Waals surface area contributed by atoms with Crippen LogP contribution in [0.4, 0.5) is 5.95 Å². The van der Waals surface area contributed by atoms with Crippen LogP contribution in [0, 0.1) is 0 Å². The van der Waals surface area contributed by atoms with Gasteiger partial charge in [0.05, 0.1) is 11.3 Å². The van der Waals surface area contributed by atoms with Crippen LogP contribution in [0.5, 0.6) is 0 Å². The molecule has 2 aromatic heterocycles. The second kappa shape index (κ2) is 5.61. The van der Waals surface area contributed by atoms with Gasteiger partial charge in [0, 0.05) is 24.5 Å². The Morgan fingerprint density at radius 3 is 3.04 bits per heavy atom. The molecule has 3 N–H and O–H groups in total. The van der Waals surface area contributed by atoms with Crippen LogP contribution in [-0.2, 0) is 11.2 Å². The van der Waals surface area contributed by atoms with Crippen molar-refractivity contribution in [3.63, 3.8) is 0 Å². The molecule has 2 aromatic rings. The Hall–Kier alpha value is -1.93. The molecular formula is C15H18N4O3S. The fraction of sp³-hybridized carbons (Fsp3) is 0.533. The van der Waals surface area contributed by atoms with Gasteiger partial charge in [-0.2, -0.15) is 0 Å². The van der Waals surface area contributed by atoms with E-state index in [2.05, 4.69) is 20.2 Å². The Balaban J connectivity index is 1.81. The van der Waals surface area contributed by atoms with Crippen LogP contribution in [-0.4, -0.2) is 47.2 Å². The van der Waals surface area contributed by atoms with Crippen molar-refractivity contribution in [1.82, 2.24) is 15.3 Å². The monoisotopic (exact) mass is 334 g/mol. The first-order valence-electron chi connectivity index (χ1n) is 7.89. The minimum atomic E-state index is -0.856. The third kappa shape index (κ3) is 2.42. The molecule has 1 saturated heterocycles. The number of hydrogen-bond acceptors (Lipinski definition) is 6. The van der Waals surface area contributed by atoms with E-state index in [0.717, 1.165) is 43.9 Å².